The van der Waals surface area contributed by atoms with Crippen LogP contribution in [0.4, 0.5) is 4.48 Å². The second-order valence-electron chi connectivity index (χ2n) is 2.17. The van der Waals surface area contributed by atoms with Gasteiger partial charge >= 0.3 is 5.97 Å². The molecule has 0 saturated carbocycles. The zero-order chi connectivity index (χ0) is 7.44. The van der Waals surface area contributed by atoms with E-state index in [0.29, 0.717) is 0 Å². The van der Waals surface area contributed by atoms with Crippen LogP contribution in [0.25, 0.3) is 0 Å². The summed E-state index contributed by atoms with van der Waals surface area (Å²) in [6.45, 7) is 3.26. The smallest absolute Gasteiger partial charge is 0.323 e. The Kier molecular flexibility index (Phi) is 3.16. The van der Waals surface area contributed by atoms with Gasteiger partial charge in [-0.3, -0.25) is 4.79 Å². The Morgan fingerprint density at radius 3 is 2.11 bits per heavy atom. The van der Waals surface area contributed by atoms with Gasteiger partial charge in [-0.15, -0.1) is 10.0 Å². The van der Waals surface area contributed by atoms with E-state index in [0.717, 1.165) is 0 Å². The third kappa shape index (κ3) is 2.41. The zero-order valence-electron chi connectivity index (χ0n) is 5.39. The van der Waals surface area contributed by atoms with Gasteiger partial charge in [0.15, 0.2) is 0 Å². The molecule has 0 rings (SSSR count). The summed E-state index contributed by atoms with van der Waals surface area (Å²) < 4.78 is 11.5. The lowest BCUT2D eigenvalue weighted by Gasteiger charge is -2.10. The molecule has 0 saturated heterocycles. The highest BCUT2D eigenvalue weighted by atomic mass is 19.2. The molecule has 3 nitrogen and oxygen atoms in total. The number of hydrogen-bond donors (Lipinski definition) is 2. The molecule has 0 unspecified atom stereocenters. The highest BCUT2D eigenvalue weighted by molar-refractivity contribution is 5.73. The molecule has 1 atom stereocenters. The van der Waals surface area contributed by atoms with E-state index in [2.05, 4.69) is 0 Å². The van der Waals surface area contributed by atoms with Gasteiger partial charge < -0.3 is 5.11 Å². The maximum atomic E-state index is 11.5. The zero-order valence-corrected chi connectivity index (χ0v) is 5.39. The molecule has 0 aromatic carbocycles. The van der Waals surface area contributed by atoms with E-state index in [4.69, 9.17) is 5.11 Å². The first kappa shape index (κ1) is 8.36. The largest absolute Gasteiger partial charge is 0.480 e. The average molecular weight is 135 g/mol. The highest BCUT2D eigenvalue weighted by Gasteiger charge is 2.20. The van der Waals surface area contributed by atoms with Gasteiger partial charge in [-0.2, -0.15) is 0 Å². The molecule has 0 aromatic rings. The second kappa shape index (κ2) is 3.40. The minimum atomic E-state index is -1.16. The third-order valence-electron chi connectivity index (χ3n) is 1.05. The number of halogens is 1. The third-order valence-corrected chi connectivity index (χ3v) is 1.05. The van der Waals surface area contributed by atoms with Crippen LogP contribution in [0, 0.1) is 5.92 Å². The van der Waals surface area contributed by atoms with Crippen LogP contribution < -0.4 is 5.54 Å². The maximum absolute atomic E-state index is 11.5. The minimum absolute atomic E-state index is 0.229. The number of carboxylic acid groups (broad SMARTS) is 1. The highest BCUT2D eigenvalue weighted by Crippen LogP contribution is 2.00. The summed E-state index contributed by atoms with van der Waals surface area (Å²) in [6, 6.07) is -1.08. The van der Waals surface area contributed by atoms with Crippen LogP contribution in [0.3, 0.4) is 0 Å². The summed E-state index contributed by atoms with van der Waals surface area (Å²) in [7, 11) is 0. The van der Waals surface area contributed by atoms with Crippen LogP contribution in [0.5, 0.6) is 0 Å². The molecular formula is C5H10FNO2. The number of carbonyl (C=O) groups is 1. The standard InChI is InChI=1S/C5H10FNO2/c1-3(2)4(7-6)5(8)9/h3-4,7H,1-2H3,(H,8,9)/t4-/m0/s1. The maximum Gasteiger partial charge on any atom is 0.323 e. The monoisotopic (exact) mass is 135 g/mol. The first-order valence-corrected chi connectivity index (χ1v) is 2.68. The van der Waals surface area contributed by atoms with E-state index < -0.39 is 12.0 Å². The van der Waals surface area contributed by atoms with Crippen LogP contribution in [0.15, 0.2) is 0 Å². The fourth-order valence-electron chi connectivity index (χ4n) is 0.458. The van der Waals surface area contributed by atoms with Crippen molar-refractivity contribution in [3.8, 4) is 0 Å². The average Bonchev–Trinajstić information content (AvgIpc) is 1.64. The molecule has 0 aliphatic heterocycles. The molecule has 0 fully saturated rings. The molecule has 0 aromatic heterocycles. The molecule has 0 aliphatic rings. The van der Waals surface area contributed by atoms with Crippen molar-refractivity contribution in [1.82, 2.24) is 5.54 Å². The molecule has 0 aliphatic carbocycles. The number of aliphatic carboxylic acids is 1. The van der Waals surface area contributed by atoms with Gasteiger partial charge in [0, 0.05) is 0 Å². The summed E-state index contributed by atoms with van der Waals surface area (Å²) in [5.74, 6) is -1.39. The fraction of sp³-hybridized carbons (Fsp3) is 0.800. The quantitative estimate of drug-likeness (QED) is 0.556. The Morgan fingerprint density at radius 2 is 2.11 bits per heavy atom. The van der Waals surface area contributed by atoms with Crippen LogP contribution in [-0.2, 0) is 4.79 Å². The Hall–Kier alpha value is -0.640. The molecule has 9 heavy (non-hydrogen) atoms. The predicted molar refractivity (Wildman–Crippen MR) is 30.5 cm³/mol. The van der Waals surface area contributed by atoms with Crippen molar-refractivity contribution >= 4 is 5.97 Å². The van der Waals surface area contributed by atoms with Crippen molar-refractivity contribution in [2.75, 3.05) is 0 Å². The number of hydrogen-bond acceptors (Lipinski definition) is 2. The normalized spacial score (nSPS) is 13.8. The Balaban J connectivity index is 3.83. The van der Waals surface area contributed by atoms with Gasteiger partial charge in [0.25, 0.3) is 0 Å². The summed E-state index contributed by atoms with van der Waals surface area (Å²) >= 11 is 0. The Morgan fingerprint density at radius 1 is 1.67 bits per heavy atom. The van der Waals surface area contributed by atoms with Gasteiger partial charge in [0.05, 0.1) is 0 Å². The van der Waals surface area contributed by atoms with Crippen molar-refractivity contribution in [2.45, 2.75) is 19.9 Å². The Labute approximate surface area is 52.8 Å². The molecular weight excluding hydrogens is 125 g/mol. The van der Waals surface area contributed by atoms with Crippen molar-refractivity contribution in [1.29, 1.82) is 0 Å². The van der Waals surface area contributed by atoms with Crippen LogP contribution in [0.2, 0.25) is 0 Å². The number of carboxylic acids is 1. The van der Waals surface area contributed by atoms with Crippen molar-refractivity contribution in [2.24, 2.45) is 5.92 Å². The van der Waals surface area contributed by atoms with Crippen molar-refractivity contribution in [3.63, 3.8) is 0 Å². The second-order valence-corrected chi connectivity index (χ2v) is 2.17. The molecule has 0 radical (unpaired) electrons. The van der Waals surface area contributed by atoms with Gasteiger partial charge in [-0.1, -0.05) is 13.8 Å². The number of rotatable bonds is 3. The molecule has 0 heterocycles. The summed E-state index contributed by atoms with van der Waals surface area (Å²) in [5.41, 5.74) is 1.20. The predicted octanol–water partition coefficient (Wildman–Crippen LogP) is 0.570. The topological polar surface area (TPSA) is 49.3 Å². The van der Waals surface area contributed by atoms with E-state index in [-0.39, 0.29) is 5.92 Å². The molecule has 4 heteroatoms. The molecule has 0 bridgehead atoms. The van der Waals surface area contributed by atoms with Crippen LogP contribution in [0.1, 0.15) is 13.8 Å². The first-order chi connectivity index (χ1) is 4.09. The molecule has 54 valence electrons. The van der Waals surface area contributed by atoms with E-state index in [9.17, 15) is 9.28 Å². The lowest BCUT2D eigenvalue weighted by atomic mass is 10.1. The van der Waals surface area contributed by atoms with Gasteiger partial charge in [-0.05, 0) is 5.92 Å². The van der Waals surface area contributed by atoms with Gasteiger partial charge in [0.2, 0.25) is 0 Å². The van der Waals surface area contributed by atoms with Crippen molar-refractivity contribution in [3.05, 3.63) is 0 Å². The van der Waals surface area contributed by atoms with Crippen LogP contribution >= 0.6 is 0 Å². The summed E-state index contributed by atoms with van der Waals surface area (Å²) in [5, 5.41) is 8.24. The first-order valence-electron chi connectivity index (χ1n) is 2.68. The van der Waals surface area contributed by atoms with Gasteiger partial charge in [0.1, 0.15) is 6.04 Å². The van der Waals surface area contributed by atoms with E-state index >= 15 is 0 Å². The van der Waals surface area contributed by atoms with Gasteiger partial charge in [-0.25, -0.2) is 0 Å². The SMILES string of the molecule is CC(C)[C@H](NF)C(=O)O. The van der Waals surface area contributed by atoms with Crippen molar-refractivity contribution < 1.29 is 14.4 Å². The van der Waals surface area contributed by atoms with E-state index in [1.807, 2.05) is 0 Å². The fourth-order valence-corrected chi connectivity index (χ4v) is 0.458. The molecule has 0 amide bonds. The molecule has 2 N–H and O–H groups in total. The van der Waals surface area contributed by atoms with E-state index in [1.165, 1.54) is 5.54 Å². The number of nitrogens with one attached hydrogen (secondary N) is 1. The van der Waals surface area contributed by atoms with E-state index in [1.54, 1.807) is 13.8 Å². The summed E-state index contributed by atoms with van der Waals surface area (Å²) in [4.78, 5) is 10.1. The molecule has 0 spiro atoms. The van der Waals surface area contributed by atoms with Crippen LogP contribution in [-0.4, -0.2) is 17.1 Å². The summed E-state index contributed by atoms with van der Waals surface area (Å²) in [6.07, 6.45) is 0. The Bertz CT molecular complexity index is 105. The lowest BCUT2D eigenvalue weighted by Crippen LogP contribution is -2.36. The lowest BCUT2D eigenvalue weighted by molar-refractivity contribution is -0.142. The minimum Gasteiger partial charge on any atom is -0.480 e.